The number of nitrogens with one attached hydrogen (secondary N) is 1. The smallest absolute Gasteiger partial charge is 0.145 e. The first-order chi connectivity index (χ1) is 8.22. The van der Waals surface area contributed by atoms with Gasteiger partial charge in [-0.3, -0.25) is 16.3 Å². The number of nitrogens with two attached hydrogens (primary N) is 1. The molecule has 0 bridgehead atoms. The molecule has 0 aliphatic rings. The predicted molar refractivity (Wildman–Crippen MR) is 67.3 cm³/mol. The van der Waals surface area contributed by atoms with Crippen LogP contribution in [0, 0.1) is 5.82 Å². The fourth-order valence-corrected chi connectivity index (χ4v) is 2.44. The van der Waals surface area contributed by atoms with Crippen LogP contribution in [0.3, 0.4) is 0 Å². The summed E-state index contributed by atoms with van der Waals surface area (Å²) in [7, 11) is 0. The largest absolute Gasteiger partial charge is 0.271 e. The molecule has 1 heterocycles. The van der Waals surface area contributed by atoms with Crippen molar-refractivity contribution < 1.29 is 4.39 Å². The molecule has 2 rings (SSSR count). The first-order valence-corrected chi connectivity index (χ1v) is 6.25. The lowest BCUT2D eigenvalue weighted by Crippen LogP contribution is -2.29. The maximum Gasteiger partial charge on any atom is 0.145 e. The maximum absolute atomic E-state index is 13.7. The fourth-order valence-electron chi connectivity index (χ4n) is 1.57. The molecule has 90 valence electrons. The van der Waals surface area contributed by atoms with E-state index in [4.69, 9.17) is 17.4 Å². The number of hydrogen-bond acceptors (Lipinski definition) is 4. The van der Waals surface area contributed by atoms with Crippen molar-refractivity contribution in [3.05, 3.63) is 51.2 Å². The number of thiazole rings is 1. The summed E-state index contributed by atoms with van der Waals surface area (Å²) in [6.07, 6.45) is 2.16. The molecule has 1 aromatic heterocycles. The predicted octanol–water partition coefficient (Wildman–Crippen LogP) is 2.68. The van der Waals surface area contributed by atoms with Crippen LogP contribution in [0.5, 0.6) is 0 Å². The Hall–Kier alpha value is -1.01. The molecule has 1 aromatic carbocycles. The monoisotopic (exact) mass is 271 g/mol. The number of hydrazine groups is 1. The van der Waals surface area contributed by atoms with Crippen molar-refractivity contribution in [1.82, 2.24) is 10.4 Å². The third-order valence-electron chi connectivity index (χ3n) is 2.45. The average Bonchev–Trinajstić information content (AvgIpc) is 2.85. The molecule has 0 aliphatic carbocycles. The van der Waals surface area contributed by atoms with E-state index < -0.39 is 0 Å². The van der Waals surface area contributed by atoms with Crippen LogP contribution in [0.25, 0.3) is 0 Å². The normalized spacial score (nSPS) is 12.6. The van der Waals surface area contributed by atoms with Gasteiger partial charge in [0.1, 0.15) is 5.82 Å². The van der Waals surface area contributed by atoms with Crippen LogP contribution in [-0.4, -0.2) is 4.98 Å². The summed E-state index contributed by atoms with van der Waals surface area (Å²) in [6.45, 7) is 0. The Morgan fingerprint density at radius 2 is 2.35 bits per heavy atom. The van der Waals surface area contributed by atoms with Crippen molar-refractivity contribution in [3.63, 3.8) is 0 Å². The van der Waals surface area contributed by atoms with Crippen LogP contribution in [0.4, 0.5) is 4.39 Å². The highest BCUT2D eigenvalue weighted by Gasteiger charge is 2.15. The van der Waals surface area contributed by atoms with Gasteiger partial charge in [-0.2, -0.15) is 0 Å². The zero-order valence-electron chi connectivity index (χ0n) is 8.86. The van der Waals surface area contributed by atoms with Gasteiger partial charge < -0.3 is 0 Å². The molecule has 0 saturated heterocycles. The minimum Gasteiger partial charge on any atom is -0.271 e. The molecule has 0 fully saturated rings. The first kappa shape index (κ1) is 12.4. The van der Waals surface area contributed by atoms with Crippen molar-refractivity contribution in [3.8, 4) is 0 Å². The third kappa shape index (κ3) is 2.81. The standard InChI is InChI=1S/C11H11ClFN3S/c12-8-3-1-2-7(11(8)13)4-9(16-14)10-5-15-6-17-10/h1-3,5-6,9,16H,4,14H2. The molecule has 1 atom stereocenters. The minimum absolute atomic E-state index is 0.127. The van der Waals surface area contributed by atoms with Crippen LogP contribution >= 0.6 is 22.9 Å². The molecule has 0 saturated carbocycles. The van der Waals surface area contributed by atoms with Crippen LogP contribution in [0.2, 0.25) is 5.02 Å². The molecule has 1 unspecified atom stereocenters. The Morgan fingerprint density at radius 1 is 1.53 bits per heavy atom. The van der Waals surface area contributed by atoms with E-state index in [1.807, 2.05) is 0 Å². The lowest BCUT2D eigenvalue weighted by molar-refractivity contribution is 0.535. The van der Waals surface area contributed by atoms with Crippen molar-refractivity contribution in [1.29, 1.82) is 0 Å². The quantitative estimate of drug-likeness (QED) is 0.664. The van der Waals surface area contributed by atoms with Crippen LogP contribution in [0.15, 0.2) is 29.9 Å². The van der Waals surface area contributed by atoms with E-state index in [0.29, 0.717) is 12.0 Å². The Balaban J connectivity index is 2.22. The van der Waals surface area contributed by atoms with E-state index in [1.54, 1.807) is 23.8 Å². The Bertz CT molecular complexity index is 489. The zero-order valence-corrected chi connectivity index (χ0v) is 10.4. The molecule has 2 aromatic rings. The van der Waals surface area contributed by atoms with Crippen molar-refractivity contribution in [2.75, 3.05) is 0 Å². The van der Waals surface area contributed by atoms with Gasteiger partial charge in [0.2, 0.25) is 0 Å². The Kier molecular flexibility index (Phi) is 4.06. The van der Waals surface area contributed by atoms with E-state index in [-0.39, 0.29) is 16.9 Å². The van der Waals surface area contributed by atoms with Gasteiger partial charge >= 0.3 is 0 Å². The first-order valence-electron chi connectivity index (χ1n) is 4.99. The second kappa shape index (κ2) is 5.55. The van der Waals surface area contributed by atoms with Gasteiger partial charge in [-0.1, -0.05) is 23.7 Å². The van der Waals surface area contributed by atoms with Crippen LogP contribution in [-0.2, 0) is 6.42 Å². The molecule has 0 radical (unpaired) electrons. The lowest BCUT2D eigenvalue weighted by Gasteiger charge is -2.14. The van der Waals surface area contributed by atoms with Crippen LogP contribution < -0.4 is 11.3 Å². The number of nitrogens with zero attached hydrogens (tertiary/aromatic N) is 1. The average molecular weight is 272 g/mol. The van der Waals surface area contributed by atoms with Gasteiger partial charge in [0.25, 0.3) is 0 Å². The summed E-state index contributed by atoms with van der Waals surface area (Å²) < 4.78 is 13.7. The van der Waals surface area contributed by atoms with Crippen molar-refractivity contribution in [2.24, 2.45) is 5.84 Å². The fraction of sp³-hybridized carbons (Fsp3) is 0.182. The zero-order chi connectivity index (χ0) is 12.3. The summed E-state index contributed by atoms with van der Waals surface area (Å²) in [6, 6.07) is 4.79. The Labute approximate surface area is 107 Å². The topological polar surface area (TPSA) is 50.9 Å². The van der Waals surface area contributed by atoms with Gasteiger partial charge in [0, 0.05) is 11.1 Å². The molecule has 0 aliphatic heterocycles. The van der Waals surface area contributed by atoms with E-state index in [2.05, 4.69) is 10.4 Å². The van der Waals surface area contributed by atoms with E-state index in [0.717, 1.165) is 4.88 Å². The van der Waals surface area contributed by atoms with Crippen molar-refractivity contribution in [2.45, 2.75) is 12.5 Å². The molecule has 0 amide bonds. The van der Waals surface area contributed by atoms with E-state index in [1.165, 1.54) is 17.4 Å². The second-order valence-corrected chi connectivity index (χ2v) is 4.87. The summed E-state index contributed by atoms with van der Waals surface area (Å²) in [5, 5.41) is 0.127. The molecular formula is C11H11ClFN3S. The summed E-state index contributed by atoms with van der Waals surface area (Å²) in [5.74, 6) is 5.08. The summed E-state index contributed by atoms with van der Waals surface area (Å²) >= 11 is 7.20. The number of rotatable bonds is 4. The van der Waals surface area contributed by atoms with Crippen LogP contribution in [0.1, 0.15) is 16.5 Å². The molecule has 6 heteroatoms. The van der Waals surface area contributed by atoms with Gasteiger partial charge in [0.15, 0.2) is 0 Å². The SMILES string of the molecule is NNC(Cc1cccc(Cl)c1F)c1cncs1. The van der Waals surface area contributed by atoms with E-state index >= 15 is 0 Å². The van der Waals surface area contributed by atoms with Gasteiger partial charge in [-0.05, 0) is 18.1 Å². The summed E-state index contributed by atoms with van der Waals surface area (Å²) in [5.41, 5.74) is 4.91. The molecular weight excluding hydrogens is 261 g/mol. The molecule has 0 spiro atoms. The van der Waals surface area contributed by atoms with Gasteiger partial charge in [-0.25, -0.2) is 4.39 Å². The van der Waals surface area contributed by atoms with E-state index in [9.17, 15) is 4.39 Å². The lowest BCUT2D eigenvalue weighted by atomic mass is 10.1. The number of aromatic nitrogens is 1. The third-order valence-corrected chi connectivity index (χ3v) is 3.63. The molecule has 3 N–H and O–H groups in total. The maximum atomic E-state index is 13.7. The Morgan fingerprint density at radius 3 is 3.00 bits per heavy atom. The highest BCUT2D eigenvalue weighted by atomic mass is 35.5. The highest BCUT2D eigenvalue weighted by Crippen LogP contribution is 2.25. The van der Waals surface area contributed by atoms with Gasteiger partial charge in [-0.15, -0.1) is 11.3 Å². The second-order valence-electron chi connectivity index (χ2n) is 3.54. The number of hydrogen-bond donors (Lipinski definition) is 2. The summed E-state index contributed by atoms with van der Waals surface area (Å²) in [4.78, 5) is 4.94. The molecule has 17 heavy (non-hydrogen) atoms. The molecule has 3 nitrogen and oxygen atoms in total. The number of benzene rings is 1. The minimum atomic E-state index is -0.390. The number of halogens is 2. The highest BCUT2D eigenvalue weighted by molar-refractivity contribution is 7.09. The van der Waals surface area contributed by atoms with Crippen molar-refractivity contribution >= 4 is 22.9 Å². The van der Waals surface area contributed by atoms with Gasteiger partial charge in [0.05, 0.1) is 16.6 Å².